The molecule has 0 aliphatic heterocycles. The molecule has 0 saturated carbocycles. The van der Waals surface area contributed by atoms with Gasteiger partial charge in [0.25, 0.3) is 0 Å². The van der Waals surface area contributed by atoms with Gasteiger partial charge in [-0.05, 0) is 6.42 Å². The molecule has 0 radical (unpaired) electrons. The Kier molecular flexibility index (Phi) is 7.30. The second-order valence-corrected chi connectivity index (χ2v) is 4.17. The van der Waals surface area contributed by atoms with Crippen LogP contribution < -0.4 is 10.5 Å². The molecule has 1 heterocycles. The monoisotopic (exact) mass is 237 g/mol. The molecule has 17 heavy (non-hydrogen) atoms. The first kappa shape index (κ1) is 13.9. The lowest BCUT2D eigenvalue weighted by Gasteiger charge is -2.05. The molecule has 1 aromatic heterocycles. The van der Waals surface area contributed by atoms with E-state index in [1.165, 1.54) is 32.1 Å². The topological polar surface area (TPSA) is 61.0 Å². The van der Waals surface area contributed by atoms with Crippen molar-refractivity contribution in [3.8, 4) is 5.88 Å². The molecule has 0 aliphatic rings. The molecule has 4 nitrogen and oxygen atoms in total. The van der Waals surface area contributed by atoms with E-state index in [2.05, 4.69) is 16.9 Å². The molecule has 0 bridgehead atoms. The van der Waals surface area contributed by atoms with Gasteiger partial charge in [-0.2, -0.15) is 0 Å². The number of nitrogens with two attached hydrogens (primary N) is 1. The number of hydrogen-bond donors (Lipinski definition) is 1. The molecule has 0 unspecified atom stereocenters. The lowest BCUT2D eigenvalue weighted by atomic mass is 10.1. The summed E-state index contributed by atoms with van der Waals surface area (Å²) in [7, 11) is 0. The average Bonchev–Trinajstić information content (AvgIpc) is 2.38. The number of unbranched alkanes of at least 4 members (excludes halogenated alkanes) is 5. The first-order valence-electron chi connectivity index (χ1n) is 6.50. The van der Waals surface area contributed by atoms with E-state index in [0.29, 0.717) is 12.4 Å². The van der Waals surface area contributed by atoms with Crippen molar-refractivity contribution in [3.05, 3.63) is 18.1 Å². The fourth-order valence-corrected chi connectivity index (χ4v) is 1.58. The highest BCUT2D eigenvalue weighted by atomic mass is 16.5. The van der Waals surface area contributed by atoms with Gasteiger partial charge in [-0.25, -0.2) is 4.98 Å². The Morgan fingerprint density at radius 2 is 1.82 bits per heavy atom. The maximum Gasteiger partial charge on any atom is 0.232 e. The molecule has 0 amide bonds. The second kappa shape index (κ2) is 8.93. The van der Waals surface area contributed by atoms with Crippen LogP contribution in [0.3, 0.4) is 0 Å². The smallest absolute Gasteiger partial charge is 0.232 e. The number of hydrogen-bond acceptors (Lipinski definition) is 4. The molecule has 0 saturated heterocycles. The van der Waals surface area contributed by atoms with Crippen molar-refractivity contribution < 1.29 is 4.74 Å². The molecular formula is C13H23N3O. The minimum absolute atomic E-state index is 0.421. The van der Waals surface area contributed by atoms with Crippen LogP contribution in [0.15, 0.2) is 12.4 Å². The summed E-state index contributed by atoms with van der Waals surface area (Å²) in [6.45, 7) is 3.38. The van der Waals surface area contributed by atoms with Crippen LogP contribution in [0.4, 0.5) is 0 Å². The van der Waals surface area contributed by atoms with Crippen LogP contribution in [0.25, 0.3) is 0 Å². The molecule has 0 atom stereocenters. The van der Waals surface area contributed by atoms with E-state index in [4.69, 9.17) is 10.5 Å². The summed E-state index contributed by atoms with van der Waals surface area (Å²) in [4.78, 5) is 8.26. The van der Waals surface area contributed by atoms with Crippen LogP contribution in [-0.4, -0.2) is 16.6 Å². The Hall–Kier alpha value is -1.16. The zero-order valence-electron chi connectivity index (χ0n) is 10.7. The Labute approximate surface area is 104 Å². The summed E-state index contributed by atoms with van der Waals surface area (Å²) in [5.74, 6) is 0.593. The average molecular weight is 237 g/mol. The second-order valence-electron chi connectivity index (χ2n) is 4.17. The van der Waals surface area contributed by atoms with Crippen LogP contribution >= 0.6 is 0 Å². The fraction of sp³-hybridized carbons (Fsp3) is 0.692. The van der Waals surface area contributed by atoms with Gasteiger partial charge in [0.15, 0.2) is 0 Å². The van der Waals surface area contributed by atoms with Crippen LogP contribution in [0.2, 0.25) is 0 Å². The Morgan fingerprint density at radius 3 is 2.47 bits per heavy atom. The molecule has 0 spiro atoms. The van der Waals surface area contributed by atoms with Crippen molar-refractivity contribution >= 4 is 0 Å². The molecule has 1 rings (SSSR count). The number of rotatable bonds is 9. The van der Waals surface area contributed by atoms with Crippen molar-refractivity contribution in [3.63, 3.8) is 0 Å². The van der Waals surface area contributed by atoms with E-state index >= 15 is 0 Å². The number of nitrogens with zero attached hydrogens (tertiary/aromatic N) is 2. The summed E-state index contributed by atoms with van der Waals surface area (Å²) >= 11 is 0. The van der Waals surface area contributed by atoms with Gasteiger partial charge < -0.3 is 10.5 Å². The normalized spacial score (nSPS) is 10.5. The quantitative estimate of drug-likeness (QED) is 0.671. The molecule has 1 aromatic rings. The summed E-state index contributed by atoms with van der Waals surface area (Å²) in [6, 6.07) is 0. The molecule has 4 heteroatoms. The van der Waals surface area contributed by atoms with E-state index in [9.17, 15) is 0 Å². The van der Waals surface area contributed by atoms with Gasteiger partial charge in [-0.15, -0.1) is 0 Å². The highest BCUT2D eigenvalue weighted by Gasteiger charge is 1.97. The van der Waals surface area contributed by atoms with Gasteiger partial charge >= 0.3 is 0 Å². The van der Waals surface area contributed by atoms with Crippen LogP contribution in [0, 0.1) is 0 Å². The van der Waals surface area contributed by atoms with Gasteiger partial charge in [-0.1, -0.05) is 39.0 Å². The van der Waals surface area contributed by atoms with Gasteiger partial charge in [0.1, 0.15) is 0 Å². The third-order valence-electron chi connectivity index (χ3n) is 2.64. The minimum atomic E-state index is 0.421. The minimum Gasteiger partial charge on any atom is -0.477 e. The molecular weight excluding hydrogens is 214 g/mol. The fourth-order valence-electron chi connectivity index (χ4n) is 1.58. The molecule has 96 valence electrons. The zero-order valence-corrected chi connectivity index (χ0v) is 10.7. The lowest BCUT2D eigenvalue weighted by molar-refractivity contribution is 0.291. The van der Waals surface area contributed by atoms with Gasteiger partial charge in [0, 0.05) is 6.54 Å². The van der Waals surface area contributed by atoms with Crippen LogP contribution in [0.5, 0.6) is 5.88 Å². The van der Waals surface area contributed by atoms with E-state index < -0.39 is 0 Å². The molecule has 0 aliphatic carbocycles. The van der Waals surface area contributed by atoms with E-state index in [-0.39, 0.29) is 0 Å². The SMILES string of the molecule is CCCCCCCCOc1cnc(CN)cn1. The third kappa shape index (κ3) is 6.22. The van der Waals surface area contributed by atoms with E-state index in [1.807, 2.05) is 0 Å². The first-order valence-corrected chi connectivity index (χ1v) is 6.50. The van der Waals surface area contributed by atoms with Gasteiger partial charge in [0.05, 0.1) is 24.7 Å². The maximum absolute atomic E-state index is 5.50. The van der Waals surface area contributed by atoms with Gasteiger partial charge in [-0.3, -0.25) is 4.98 Å². The van der Waals surface area contributed by atoms with Crippen LogP contribution in [0.1, 0.15) is 51.1 Å². The summed E-state index contributed by atoms with van der Waals surface area (Å²) < 4.78 is 5.50. The largest absolute Gasteiger partial charge is 0.477 e. The Bertz CT molecular complexity index is 287. The first-order chi connectivity index (χ1) is 8.36. The number of aromatic nitrogens is 2. The summed E-state index contributed by atoms with van der Waals surface area (Å²) in [6.07, 6.45) is 10.9. The number of ether oxygens (including phenoxy) is 1. The van der Waals surface area contributed by atoms with Crippen molar-refractivity contribution in [2.75, 3.05) is 6.61 Å². The molecule has 2 N–H and O–H groups in total. The highest BCUT2D eigenvalue weighted by molar-refractivity contribution is 5.06. The predicted molar refractivity (Wildman–Crippen MR) is 68.8 cm³/mol. The lowest BCUT2D eigenvalue weighted by Crippen LogP contribution is -2.03. The third-order valence-corrected chi connectivity index (χ3v) is 2.64. The Balaban J connectivity index is 2.05. The summed E-state index contributed by atoms with van der Waals surface area (Å²) in [5, 5.41) is 0. The van der Waals surface area contributed by atoms with Crippen molar-refractivity contribution in [2.45, 2.75) is 52.0 Å². The van der Waals surface area contributed by atoms with Crippen molar-refractivity contribution in [2.24, 2.45) is 5.73 Å². The Morgan fingerprint density at radius 1 is 1.06 bits per heavy atom. The van der Waals surface area contributed by atoms with Crippen LogP contribution in [-0.2, 0) is 6.54 Å². The predicted octanol–water partition coefficient (Wildman–Crippen LogP) is 2.67. The van der Waals surface area contributed by atoms with E-state index in [0.717, 1.165) is 18.7 Å². The van der Waals surface area contributed by atoms with Gasteiger partial charge in [0.2, 0.25) is 5.88 Å². The standard InChI is InChI=1S/C13H23N3O/c1-2-3-4-5-6-7-8-17-13-11-15-12(9-14)10-16-13/h10-11H,2-9,14H2,1H3. The highest BCUT2D eigenvalue weighted by Crippen LogP contribution is 2.07. The molecule has 0 aromatic carbocycles. The van der Waals surface area contributed by atoms with E-state index in [1.54, 1.807) is 12.4 Å². The maximum atomic E-state index is 5.50. The van der Waals surface area contributed by atoms with Crippen molar-refractivity contribution in [1.82, 2.24) is 9.97 Å². The van der Waals surface area contributed by atoms with Crippen molar-refractivity contribution in [1.29, 1.82) is 0 Å². The molecule has 0 fully saturated rings. The summed E-state index contributed by atoms with van der Waals surface area (Å²) in [5.41, 5.74) is 6.22. The zero-order chi connectivity index (χ0) is 12.3.